The summed E-state index contributed by atoms with van der Waals surface area (Å²) >= 11 is 5.91. The van der Waals surface area contributed by atoms with Crippen molar-refractivity contribution in [2.75, 3.05) is 0 Å². The van der Waals surface area contributed by atoms with E-state index in [0.717, 1.165) is 11.1 Å². The van der Waals surface area contributed by atoms with E-state index in [1.807, 2.05) is 26.0 Å². The highest BCUT2D eigenvalue weighted by Crippen LogP contribution is 2.33. The number of halogens is 1. The Balaban J connectivity index is 1.99. The fraction of sp³-hybridized carbons (Fsp3) is 0.211. The van der Waals surface area contributed by atoms with Gasteiger partial charge in [0, 0.05) is 5.02 Å². The second-order valence-electron chi connectivity index (χ2n) is 6.11. The van der Waals surface area contributed by atoms with Gasteiger partial charge in [-0.05, 0) is 43.7 Å². The fourth-order valence-corrected chi connectivity index (χ4v) is 4.07. The molecule has 2 atom stereocenters. The Kier molecular flexibility index (Phi) is 4.94. The maximum atomic E-state index is 12.8. The van der Waals surface area contributed by atoms with Crippen LogP contribution in [0.3, 0.4) is 0 Å². The van der Waals surface area contributed by atoms with Crippen LogP contribution in [0.1, 0.15) is 24.2 Å². The summed E-state index contributed by atoms with van der Waals surface area (Å²) in [4.78, 5) is -0.371. The summed E-state index contributed by atoms with van der Waals surface area (Å²) < 4.78 is 31.5. The molecular formula is C19H17ClN2O3S. The van der Waals surface area contributed by atoms with Gasteiger partial charge >= 0.3 is 0 Å². The summed E-state index contributed by atoms with van der Waals surface area (Å²) in [5.41, 5.74) is 1.77. The van der Waals surface area contributed by atoms with Crippen LogP contribution in [0.2, 0.25) is 5.02 Å². The summed E-state index contributed by atoms with van der Waals surface area (Å²) in [7, 11) is -3.98. The molecule has 1 aliphatic heterocycles. The number of aryl methyl sites for hydroxylation is 1. The van der Waals surface area contributed by atoms with Crippen molar-refractivity contribution in [3.63, 3.8) is 0 Å². The van der Waals surface area contributed by atoms with Gasteiger partial charge < -0.3 is 10.1 Å². The Morgan fingerprint density at radius 2 is 1.77 bits per heavy atom. The zero-order valence-corrected chi connectivity index (χ0v) is 15.8. The van der Waals surface area contributed by atoms with E-state index in [1.54, 1.807) is 30.3 Å². The van der Waals surface area contributed by atoms with Crippen molar-refractivity contribution in [1.29, 1.82) is 5.26 Å². The molecule has 26 heavy (non-hydrogen) atoms. The summed E-state index contributed by atoms with van der Waals surface area (Å²) in [6, 6.07) is 15.0. The molecule has 1 saturated heterocycles. The van der Waals surface area contributed by atoms with E-state index >= 15 is 0 Å². The maximum Gasteiger partial charge on any atom is 0.221 e. The number of benzene rings is 2. The highest BCUT2D eigenvalue weighted by atomic mass is 35.5. The number of allylic oxidation sites excluding steroid dienone is 1. The zero-order chi connectivity index (χ0) is 18.9. The lowest BCUT2D eigenvalue weighted by Crippen LogP contribution is -2.22. The standard InChI is InChI=1S/C19H17ClN2O3S/c1-12-3-9-16(10-4-12)26(23,24)17(11-21)19-22-13(2)18(25-19)14-5-7-15(20)8-6-14/h3-10,13,18,22H,1-2H3/b19-17+/t13-,18+/m1/s1. The molecular weight excluding hydrogens is 372 g/mol. The summed E-state index contributed by atoms with van der Waals surface area (Å²) in [5.74, 6) is -0.0273. The molecule has 0 radical (unpaired) electrons. The lowest BCUT2D eigenvalue weighted by molar-refractivity contribution is 0.154. The van der Waals surface area contributed by atoms with Crippen LogP contribution in [0.15, 0.2) is 64.2 Å². The van der Waals surface area contributed by atoms with Gasteiger partial charge in [0.15, 0.2) is 0 Å². The van der Waals surface area contributed by atoms with Gasteiger partial charge in [-0.15, -0.1) is 0 Å². The second kappa shape index (κ2) is 7.02. The largest absolute Gasteiger partial charge is 0.467 e. The van der Waals surface area contributed by atoms with Crippen molar-refractivity contribution < 1.29 is 13.2 Å². The number of ether oxygens (including phenoxy) is 1. The first kappa shape index (κ1) is 18.3. The zero-order valence-electron chi connectivity index (χ0n) is 14.2. The van der Waals surface area contributed by atoms with Crippen LogP contribution < -0.4 is 5.32 Å². The van der Waals surface area contributed by atoms with Crippen LogP contribution in [0.5, 0.6) is 0 Å². The molecule has 134 valence electrons. The molecule has 0 amide bonds. The molecule has 0 spiro atoms. The van der Waals surface area contributed by atoms with Gasteiger partial charge in [0.1, 0.15) is 12.2 Å². The van der Waals surface area contributed by atoms with Gasteiger partial charge in [-0.1, -0.05) is 41.4 Å². The normalized spacial score (nSPS) is 21.5. The molecule has 2 aromatic carbocycles. The summed E-state index contributed by atoms with van der Waals surface area (Å²) in [6.07, 6.45) is -0.418. The van der Waals surface area contributed by atoms with Crippen molar-refractivity contribution in [1.82, 2.24) is 5.32 Å². The van der Waals surface area contributed by atoms with E-state index < -0.39 is 20.8 Å². The Bertz CT molecular complexity index is 991. The van der Waals surface area contributed by atoms with E-state index in [-0.39, 0.29) is 16.8 Å². The molecule has 2 aromatic rings. The Labute approximate surface area is 157 Å². The van der Waals surface area contributed by atoms with Crippen LogP contribution in [0, 0.1) is 18.3 Å². The van der Waals surface area contributed by atoms with Gasteiger partial charge in [0.2, 0.25) is 20.6 Å². The van der Waals surface area contributed by atoms with E-state index in [1.165, 1.54) is 12.1 Å². The second-order valence-corrected chi connectivity index (χ2v) is 8.43. The van der Waals surface area contributed by atoms with Gasteiger partial charge in [0.05, 0.1) is 10.9 Å². The summed E-state index contributed by atoms with van der Waals surface area (Å²) in [5, 5.41) is 13.1. The van der Waals surface area contributed by atoms with Crippen LogP contribution in [0.25, 0.3) is 0 Å². The molecule has 0 unspecified atom stereocenters. The minimum Gasteiger partial charge on any atom is -0.467 e. The first-order chi connectivity index (χ1) is 12.3. The topological polar surface area (TPSA) is 79.2 Å². The van der Waals surface area contributed by atoms with Gasteiger partial charge in [-0.25, -0.2) is 8.42 Å². The first-order valence-electron chi connectivity index (χ1n) is 7.97. The highest BCUT2D eigenvalue weighted by Gasteiger charge is 2.36. The number of sulfone groups is 1. The van der Waals surface area contributed by atoms with Crippen LogP contribution in [-0.2, 0) is 14.6 Å². The van der Waals surface area contributed by atoms with E-state index in [9.17, 15) is 13.7 Å². The lowest BCUT2D eigenvalue weighted by Gasteiger charge is -2.13. The number of nitrogens with one attached hydrogen (secondary N) is 1. The number of nitrogens with zero attached hydrogens (tertiary/aromatic N) is 1. The predicted octanol–water partition coefficient (Wildman–Crippen LogP) is 3.86. The molecule has 5 nitrogen and oxygen atoms in total. The number of hydrogen-bond donors (Lipinski definition) is 1. The number of rotatable bonds is 3. The number of hydrogen-bond acceptors (Lipinski definition) is 5. The maximum absolute atomic E-state index is 12.8. The molecule has 3 rings (SSSR count). The number of nitriles is 1. The quantitative estimate of drug-likeness (QED) is 0.807. The van der Waals surface area contributed by atoms with Gasteiger partial charge in [0.25, 0.3) is 0 Å². The molecule has 1 heterocycles. The molecule has 0 saturated carbocycles. The molecule has 1 aliphatic rings. The molecule has 7 heteroatoms. The third-order valence-electron chi connectivity index (χ3n) is 4.16. The Morgan fingerprint density at radius 3 is 2.35 bits per heavy atom. The van der Waals surface area contributed by atoms with Crippen molar-refractivity contribution in [2.24, 2.45) is 0 Å². The van der Waals surface area contributed by atoms with Crippen molar-refractivity contribution in [3.8, 4) is 6.07 Å². The minimum atomic E-state index is -3.98. The molecule has 0 aliphatic carbocycles. The third-order valence-corrected chi connectivity index (χ3v) is 6.12. The van der Waals surface area contributed by atoms with E-state index in [0.29, 0.717) is 5.02 Å². The van der Waals surface area contributed by atoms with Gasteiger partial charge in [-0.2, -0.15) is 5.26 Å². The van der Waals surface area contributed by atoms with Crippen molar-refractivity contribution in [3.05, 3.63) is 75.5 Å². The van der Waals surface area contributed by atoms with E-state index in [4.69, 9.17) is 16.3 Å². The highest BCUT2D eigenvalue weighted by molar-refractivity contribution is 7.95. The molecule has 1 fully saturated rings. The third kappa shape index (κ3) is 3.41. The van der Waals surface area contributed by atoms with Gasteiger partial charge in [-0.3, -0.25) is 0 Å². The average molecular weight is 389 g/mol. The van der Waals surface area contributed by atoms with Crippen molar-refractivity contribution in [2.45, 2.75) is 30.9 Å². The molecule has 0 aromatic heterocycles. The van der Waals surface area contributed by atoms with Crippen LogP contribution in [0.4, 0.5) is 0 Å². The molecule has 1 N–H and O–H groups in total. The average Bonchev–Trinajstić information content (AvgIpc) is 2.97. The van der Waals surface area contributed by atoms with Crippen LogP contribution >= 0.6 is 11.6 Å². The lowest BCUT2D eigenvalue weighted by atomic mass is 10.0. The first-order valence-corrected chi connectivity index (χ1v) is 9.84. The molecule has 0 bridgehead atoms. The summed E-state index contributed by atoms with van der Waals surface area (Å²) in [6.45, 7) is 3.72. The van der Waals surface area contributed by atoms with Crippen LogP contribution in [-0.4, -0.2) is 14.5 Å². The predicted molar refractivity (Wildman–Crippen MR) is 98.9 cm³/mol. The Hall–Kier alpha value is -2.49. The Morgan fingerprint density at radius 1 is 1.15 bits per heavy atom. The smallest absolute Gasteiger partial charge is 0.221 e. The van der Waals surface area contributed by atoms with Crippen molar-refractivity contribution >= 4 is 21.4 Å². The monoisotopic (exact) mass is 388 g/mol. The fourth-order valence-electron chi connectivity index (χ4n) is 2.74. The van der Waals surface area contributed by atoms with E-state index in [2.05, 4.69) is 5.32 Å². The SMILES string of the molecule is Cc1ccc(S(=O)(=O)/C(C#N)=C2\N[C@H](C)[C@@H](c3ccc(Cl)cc3)O2)cc1. The minimum absolute atomic E-state index is 0.0273.